The molecule has 10 heavy (non-hydrogen) atoms. The number of allylic oxidation sites excluding steroid dienone is 2. The van der Waals surface area contributed by atoms with Crippen molar-refractivity contribution in [2.75, 3.05) is 0 Å². The van der Waals surface area contributed by atoms with Gasteiger partial charge in [0.25, 0.3) is 0 Å². The van der Waals surface area contributed by atoms with Crippen LogP contribution in [-0.2, 0) is 9.59 Å². The molecule has 2 nitrogen and oxygen atoms in total. The van der Waals surface area contributed by atoms with E-state index in [0.29, 0.717) is 0 Å². The fourth-order valence-electron chi connectivity index (χ4n) is 1.17. The highest BCUT2D eigenvalue weighted by molar-refractivity contribution is 5.65. The van der Waals surface area contributed by atoms with Crippen molar-refractivity contribution in [3.05, 3.63) is 12.2 Å². The second-order valence-corrected chi connectivity index (χ2v) is 2.54. The van der Waals surface area contributed by atoms with Crippen LogP contribution in [0.25, 0.3) is 0 Å². The minimum atomic E-state index is -0.0671. The number of hydrogen-bond donors (Lipinski definition) is 0. The summed E-state index contributed by atoms with van der Waals surface area (Å²) >= 11 is 0. The third-order valence-electron chi connectivity index (χ3n) is 1.88. The third kappa shape index (κ3) is 1.32. The Morgan fingerprint density at radius 3 is 1.70 bits per heavy atom. The van der Waals surface area contributed by atoms with Crippen molar-refractivity contribution in [2.45, 2.75) is 12.8 Å². The van der Waals surface area contributed by atoms with Crippen molar-refractivity contribution in [2.24, 2.45) is 11.8 Å². The average Bonchev–Trinajstić information content (AvgIpc) is 2.04. The molecule has 1 rings (SSSR count). The molecule has 0 saturated carbocycles. The van der Waals surface area contributed by atoms with Crippen molar-refractivity contribution in [1.82, 2.24) is 0 Å². The molecule has 0 bridgehead atoms. The SMILES string of the molecule is O=C[C@H]1CC=CC[C@@H]1C=O. The van der Waals surface area contributed by atoms with E-state index in [4.69, 9.17) is 0 Å². The lowest BCUT2D eigenvalue weighted by atomic mass is 9.85. The van der Waals surface area contributed by atoms with Crippen LogP contribution in [0.15, 0.2) is 12.2 Å². The summed E-state index contributed by atoms with van der Waals surface area (Å²) in [5.41, 5.74) is 0. The van der Waals surface area contributed by atoms with Crippen molar-refractivity contribution in [1.29, 1.82) is 0 Å². The van der Waals surface area contributed by atoms with Crippen LogP contribution in [0.2, 0.25) is 0 Å². The lowest BCUT2D eigenvalue weighted by Gasteiger charge is -2.17. The van der Waals surface area contributed by atoms with Crippen LogP contribution < -0.4 is 0 Å². The summed E-state index contributed by atoms with van der Waals surface area (Å²) in [5.74, 6) is -0.134. The first-order chi connectivity index (χ1) is 4.88. The molecular weight excluding hydrogens is 128 g/mol. The van der Waals surface area contributed by atoms with Gasteiger partial charge in [0.1, 0.15) is 12.6 Å². The zero-order valence-electron chi connectivity index (χ0n) is 5.69. The van der Waals surface area contributed by atoms with Crippen LogP contribution in [0.3, 0.4) is 0 Å². The molecule has 0 N–H and O–H groups in total. The average molecular weight is 138 g/mol. The lowest BCUT2D eigenvalue weighted by molar-refractivity contribution is -0.119. The Morgan fingerprint density at radius 2 is 1.40 bits per heavy atom. The second kappa shape index (κ2) is 3.30. The molecule has 54 valence electrons. The Bertz CT molecular complexity index is 143. The van der Waals surface area contributed by atoms with Gasteiger partial charge in [-0.05, 0) is 12.8 Å². The Labute approximate surface area is 59.9 Å². The molecule has 0 fully saturated rings. The first-order valence-electron chi connectivity index (χ1n) is 3.44. The van der Waals surface area contributed by atoms with Gasteiger partial charge < -0.3 is 9.59 Å². The molecule has 0 spiro atoms. The smallest absolute Gasteiger partial charge is 0.124 e. The molecule has 2 atom stereocenters. The normalized spacial score (nSPS) is 31.6. The van der Waals surface area contributed by atoms with E-state index in [0.717, 1.165) is 25.4 Å². The molecule has 0 heterocycles. The topological polar surface area (TPSA) is 34.1 Å². The number of carbonyl (C=O) groups excluding carboxylic acids is 2. The standard InChI is InChI=1S/C8H10O2/c9-5-7-3-1-2-4-8(7)6-10/h1-2,5-8H,3-4H2/t7-,8-/m1/s1. The van der Waals surface area contributed by atoms with E-state index >= 15 is 0 Å². The summed E-state index contributed by atoms with van der Waals surface area (Å²) in [7, 11) is 0. The summed E-state index contributed by atoms with van der Waals surface area (Å²) in [6, 6.07) is 0. The van der Waals surface area contributed by atoms with E-state index in [1.54, 1.807) is 0 Å². The van der Waals surface area contributed by atoms with Gasteiger partial charge in [-0.15, -0.1) is 0 Å². The van der Waals surface area contributed by atoms with Crippen LogP contribution >= 0.6 is 0 Å². The third-order valence-corrected chi connectivity index (χ3v) is 1.88. The minimum absolute atomic E-state index is 0.0671. The molecule has 0 amide bonds. The quantitative estimate of drug-likeness (QED) is 0.421. The lowest BCUT2D eigenvalue weighted by Crippen LogP contribution is -2.18. The van der Waals surface area contributed by atoms with Gasteiger partial charge in [-0.1, -0.05) is 12.2 Å². The van der Waals surface area contributed by atoms with Crippen molar-refractivity contribution in [3.8, 4) is 0 Å². The zero-order valence-corrected chi connectivity index (χ0v) is 5.69. The number of carbonyl (C=O) groups is 2. The zero-order chi connectivity index (χ0) is 7.40. The van der Waals surface area contributed by atoms with Gasteiger partial charge in [0.05, 0.1) is 0 Å². The van der Waals surface area contributed by atoms with E-state index in [-0.39, 0.29) is 11.8 Å². The Morgan fingerprint density at radius 1 is 1.00 bits per heavy atom. The summed E-state index contributed by atoms with van der Waals surface area (Å²) in [6.07, 6.45) is 7.13. The summed E-state index contributed by atoms with van der Waals surface area (Å²) in [5, 5.41) is 0. The molecule has 1 aliphatic rings. The Hall–Kier alpha value is -0.920. The number of rotatable bonds is 2. The molecular formula is C8H10O2. The van der Waals surface area contributed by atoms with Gasteiger partial charge in [0.15, 0.2) is 0 Å². The highest BCUT2D eigenvalue weighted by atomic mass is 16.1. The minimum Gasteiger partial charge on any atom is -0.303 e. The molecule has 0 unspecified atom stereocenters. The Kier molecular flexibility index (Phi) is 2.37. The van der Waals surface area contributed by atoms with Gasteiger partial charge in [0, 0.05) is 11.8 Å². The summed E-state index contributed by atoms with van der Waals surface area (Å²) < 4.78 is 0. The van der Waals surface area contributed by atoms with E-state index in [9.17, 15) is 9.59 Å². The van der Waals surface area contributed by atoms with Crippen LogP contribution in [-0.4, -0.2) is 12.6 Å². The molecule has 2 heteroatoms. The van der Waals surface area contributed by atoms with E-state index in [1.807, 2.05) is 12.2 Å². The van der Waals surface area contributed by atoms with Crippen LogP contribution in [0.5, 0.6) is 0 Å². The predicted octanol–water partition coefficient (Wildman–Crippen LogP) is 0.967. The monoisotopic (exact) mass is 138 g/mol. The highest BCUT2D eigenvalue weighted by Gasteiger charge is 2.20. The predicted molar refractivity (Wildman–Crippen MR) is 37.5 cm³/mol. The van der Waals surface area contributed by atoms with Crippen molar-refractivity contribution < 1.29 is 9.59 Å². The molecule has 0 aromatic carbocycles. The van der Waals surface area contributed by atoms with Gasteiger partial charge in [-0.2, -0.15) is 0 Å². The van der Waals surface area contributed by atoms with Gasteiger partial charge in [-0.25, -0.2) is 0 Å². The maximum absolute atomic E-state index is 10.3. The van der Waals surface area contributed by atoms with Crippen LogP contribution in [0.1, 0.15) is 12.8 Å². The second-order valence-electron chi connectivity index (χ2n) is 2.54. The van der Waals surface area contributed by atoms with Crippen molar-refractivity contribution >= 4 is 12.6 Å². The maximum atomic E-state index is 10.3. The van der Waals surface area contributed by atoms with E-state index in [1.165, 1.54) is 0 Å². The Balaban J connectivity index is 2.61. The van der Waals surface area contributed by atoms with Crippen LogP contribution in [0, 0.1) is 11.8 Å². The van der Waals surface area contributed by atoms with Gasteiger partial charge >= 0.3 is 0 Å². The fourth-order valence-corrected chi connectivity index (χ4v) is 1.17. The van der Waals surface area contributed by atoms with Crippen molar-refractivity contribution in [3.63, 3.8) is 0 Å². The largest absolute Gasteiger partial charge is 0.303 e. The number of hydrogen-bond acceptors (Lipinski definition) is 2. The summed E-state index contributed by atoms with van der Waals surface area (Å²) in [4.78, 5) is 20.7. The number of aldehydes is 2. The highest BCUT2D eigenvalue weighted by Crippen LogP contribution is 2.21. The summed E-state index contributed by atoms with van der Waals surface area (Å²) in [6.45, 7) is 0. The molecule has 0 saturated heterocycles. The van der Waals surface area contributed by atoms with Gasteiger partial charge in [-0.3, -0.25) is 0 Å². The van der Waals surface area contributed by atoms with Crippen LogP contribution in [0.4, 0.5) is 0 Å². The molecule has 1 aliphatic carbocycles. The molecule has 0 aromatic rings. The van der Waals surface area contributed by atoms with Gasteiger partial charge in [0.2, 0.25) is 0 Å². The first-order valence-corrected chi connectivity index (χ1v) is 3.44. The molecule has 0 aliphatic heterocycles. The van der Waals surface area contributed by atoms with E-state index in [2.05, 4.69) is 0 Å². The fraction of sp³-hybridized carbons (Fsp3) is 0.500. The molecule has 0 radical (unpaired) electrons. The molecule has 0 aromatic heterocycles. The van der Waals surface area contributed by atoms with E-state index < -0.39 is 0 Å². The first kappa shape index (κ1) is 7.19. The maximum Gasteiger partial charge on any atom is 0.124 e.